The topological polar surface area (TPSA) is 113 Å². The van der Waals surface area contributed by atoms with Gasteiger partial charge in [0, 0.05) is 30.0 Å². The minimum absolute atomic E-state index is 0.0200. The van der Waals surface area contributed by atoms with Gasteiger partial charge in [0.25, 0.3) is 0 Å². The number of aromatic nitrogens is 1. The number of ketones is 1. The maximum absolute atomic E-state index is 13.1. The van der Waals surface area contributed by atoms with E-state index in [-0.39, 0.29) is 28.1 Å². The van der Waals surface area contributed by atoms with Crippen molar-refractivity contribution in [1.29, 1.82) is 0 Å². The molecular weight excluding hydrogens is 536 g/mol. The molecular formula is C29H32N2O8S. The number of ether oxygens (including phenoxy) is 4. The van der Waals surface area contributed by atoms with Crippen LogP contribution in [0.1, 0.15) is 44.9 Å². The van der Waals surface area contributed by atoms with E-state index in [9.17, 15) is 18.0 Å². The van der Waals surface area contributed by atoms with Gasteiger partial charge in [0.05, 0.1) is 19.2 Å². The van der Waals surface area contributed by atoms with Crippen LogP contribution in [-0.2, 0) is 21.3 Å². The Morgan fingerprint density at radius 2 is 1.75 bits per heavy atom. The van der Waals surface area contributed by atoms with Crippen molar-refractivity contribution in [2.45, 2.75) is 44.2 Å². The van der Waals surface area contributed by atoms with Gasteiger partial charge >= 0.3 is 5.97 Å². The highest BCUT2D eigenvalue weighted by Crippen LogP contribution is 2.32. The number of carbonyl (C=O) groups is 2. The molecule has 0 unspecified atom stereocenters. The first-order valence-corrected chi connectivity index (χ1v) is 14.6. The number of fused-ring (bicyclic) bond motifs is 1. The largest absolute Gasteiger partial charge is 0.495 e. The Kier molecular flexibility index (Phi) is 7.86. The average molecular weight is 569 g/mol. The predicted octanol–water partition coefficient (Wildman–Crippen LogP) is 3.78. The highest BCUT2D eigenvalue weighted by atomic mass is 32.2. The standard InChI is InChI=1S/C29H32N2O8S/c1-19-14-23(20(2)31(19)16-22-17-37-25-8-4-5-9-26(25)39-22)24(32)18-38-29(33)21-10-11-27(36-3)28(15-21)40(34,35)30-12-6-7-13-30/h4-5,8-11,14-15,22H,6-7,12-13,16-18H2,1-3H3/t22-/m0/s1. The normalized spacial score (nSPS) is 17.0. The van der Waals surface area contributed by atoms with Crippen LogP contribution >= 0.6 is 0 Å². The highest BCUT2D eigenvalue weighted by Gasteiger charge is 2.31. The number of rotatable bonds is 9. The first-order valence-electron chi connectivity index (χ1n) is 13.1. The van der Waals surface area contributed by atoms with Gasteiger partial charge in [0.15, 0.2) is 24.2 Å². The third kappa shape index (κ3) is 5.44. The summed E-state index contributed by atoms with van der Waals surface area (Å²) in [7, 11) is -2.46. The van der Waals surface area contributed by atoms with Crippen LogP contribution in [-0.4, -0.2) is 68.6 Å². The molecule has 3 aromatic rings. The molecule has 2 aliphatic rings. The van der Waals surface area contributed by atoms with Gasteiger partial charge in [-0.1, -0.05) is 12.1 Å². The van der Waals surface area contributed by atoms with Gasteiger partial charge in [-0.2, -0.15) is 4.31 Å². The smallest absolute Gasteiger partial charge is 0.338 e. The van der Waals surface area contributed by atoms with E-state index in [1.165, 1.54) is 29.6 Å². The number of sulfonamides is 1. The lowest BCUT2D eigenvalue weighted by Gasteiger charge is -2.27. The molecule has 0 saturated carbocycles. The molecule has 1 saturated heterocycles. The molecule has 40 heavy (non-hydrogen) atoms. The van der Waals surface area contributed by atoms with Crippen molar-refractivity contribution in [3.05, 3.63) is 71.0 Å². The zero-order valence-corrected chi connectivity index (χ0v) is 23.5. The van der Waals surface area contributed by atoms with Crippen molar-refractivity contribution < 1.29 is 37.0 Å². The van der Waals surface area contributed by atoms with E-state index in [1.807, 2.05) is 42.7 Å². The molecule has 0 aliphatic carbocycles. The molecule has 5 rings (SSSR count). The number of esters is 1. The third-order valence-corrected chi connectivity index (χ3v) is 9.16. The van der Waals surface area contributed by atoms with Gasteiger partial charge in [0.1, 0.15) is 17.3 Å². The van der Waals surface area contributed by atoms with E-state index in [4.69, 9.17) is 18.9 Å². The van der Waals surface area contributed by atoms with Crippen molar-refractivity contribution in [2.24, 2.45) is 0 Å². The van der Waals surface area contributed by atoms with Crippen molar-refractivity contribution in [2.75, 3.05) is 33.4 Å². The summed E-state index contributed by atoms with van der Waals surface area (Å²) >= 11 is 0. The van der Waals surface area contributed by atoms with E-state index in [0.717, 1.165) is 24.2 Å². The summed E-state index contributed by atoms with van der Waals surface area (Å²) in [6.45, 7) is 4.94. The average Bonchev–Trinajstić information content (AvgIpc) is 3.61. The SMILES string of the molecule is COc1ccc(C(=O)OCC(=O)c2cc(C)n(C[C@H]3COc4ccccc4O3)c2C)cc1S(=O)(=O)N1CCCC1. The molecule has 0 N–H and O–H groups in total. The Morgan fingerprint density at radius 3 is 2.48 bits per heavy atom. The van der Waals surface area contributed by atoms with E-state index in [0.29, 0.717) is 43.3 Å². The number of hydrogen-bond acceptors (Lipinski definition) is 8. The monoisotopic (exact) mass is 568 g/mol. The van der Waals surface area contributed by atoms with E-state index in [1.54, 1.807) is 6.07 Å². The zero-order chi connectivity index (χ0) is 28.4. The molecule has 11 heteroatoms. The lowest BCUT2D eigenvalue weighted by molar-refractivity contribution is 0.0474. The molecule has 1 fully saturated rings. The van der Waals surface area contributed by atoms with Crippen LogP contribution in [0.3, 0.4) is 0 Å². The van der Waals surface area contributed by atoms with Crippen LogP contribution < -0.4 is 14.2 Å². The summed E-state index contributed by atoms with van der Waals surface area (Å²) in [6, 6.07) is 13.3. The Hall–Kier alpha value is -3.83. The minimum atomic E-state index is -3.84. The Morgan fingerprint density at radius 1 is 1.02 bits per heavy atom. The van der Waals surface area contributed by atoms with Crippen LogP contribution in [0.15, 0.2) is 53.4 Å². The molecule has 2 aliphatic heterocycles. The first kappa shape index (κ1) is 27.7. The fourth-order valence-corrected chi connectivity index (χ4v) is 6.78. The number of methoxy groups -OCH3 is 1. The summed E-state index contributed by atoms with van der Waals surface area (Å²) in [4.78, 5) is 25.8. The molecule has 10 nitrogen and oxygen atoms in total. The van der Waals surface area contributed by atoms with E-state index >= 15 is 0 Å². The number of hydrogen-bond donors (Lipinski definition) is 0. The van der Waals surface area contributed by atoms with Crippen molar-refractivity contribution >= 4 is 21.8 Å². The summed E-state index contributed by atoms with van der Waals surface area (Å²) in [5.41, 5.74) is 2.05. The second-order valence-electron chi connectivity index (χ2n) is 9.87. The molecule has 212 valence electrons. The number of carbonyl (C=O) groups excluding carboxylic acids is 2. The van der Waals surface area contributed by atoms with Gasteiger partial charge in [-0.25, -0.2) is 13.2 Å². The fraction of sp³-hybridized carbons (Fsp3) is 0.379. The van der Waals surface area contributed by atoms with Gasteiger partial charge in [-0.05, 0) is 63.1 Å². The number of aryl methyl sites for hydroxylation is 1. The van der Waals surface area contributed by atoms with Crippen LogP contribution in [0.4, 0.5) is 0 Å². The van der Waals surface area contributed by atoms with Crippen LogP contribution in [0.25, 0.3) is 0 Å². The van der Waals surface area contributed by atoms with Crippen molar-refractivity contribution in [3.8, 4) is 17.2 Å². The second-order valence-corrected chi connectivity index (χ2v) is 11.8. The molecule has 0 radical (unpaired) electrons. The Balaban J connectivity index is 1.26. The quantitative estimate of drug-likeness (QED) is 0.283. The van der Waals surface area contributed by atoms with E-state index < -0.39 is 22.6 Å². The molecule has 1 atom stereocenters. The van der Waals surface area contributed by atoms with Crippen molar-refractivity contribution in [1.82, 2.24) is 8.87 Å². The third-order valence-electron chi connectivity index (χ3n) is 7.24. The molecule has 0 amide bonds. The number of Topliss-reactive ketones (excluding diaryl/α,β-unsaturated/α-hetero) is 1. The fourth-order valence-electron chi connectivity index (χ4n) is 5.09. The summed E-state index contributed by atoms with van der Waals surface area (Å²) in [5, 5.41) is 0. The zero-order valence-electron chi connectivity index (χ0n) is 22.7. The maximum Gasteiger partial charge on any atom is 0.338 e. The second kappa shape index (κ2) is 11.3. The summed E-state index contributed by atoms with van der Waals surface area (Å²) < 4.78 is 52.1. The van der Waals surface area contributed by atoms with Gasteiger partial charge in [0.2, 0.25) is 15.8 Å². The molecule has 0 bridgehead atoms. The number of nitrogens with zero attached hydrogens (tertiary/aromatic N) is 2. The molecule has 2 aromatic carbocycles. The number of para-hydroxylation sites is 2. The Bertz CT molecular complexity index is 1540. The van der Waals surface area contributed by atoms with Gasteiger partial charge in [-0.3, -0.25) is 4.79 Å². The minimum Gasteiger partial charge on any atom is -0.495 e. The number of benzene rings is 2. The Labute approximate surface area is 233 Å². The maximum atomic E-state index is 13.1. The van der Waals surface area contributed by atoms with Crippen LogP contribution in [0, 0.1) is 13.8 Å². The van der Waals surface area contributed by atoms with Crippen LogP contribution in [0.5, 0.6) is 17.2 Å². The van der Waals surface area contributed by atoms with Crippen LogP contribution in [0.2, 0.25) is 0 Å². The lowest BCUT2D eigenvalue weighted by atomic mass is 10.1. The molecule has 1 aromatic heterocycles. The van der Waals surface area contributed by atoms with Gasteiger partial charge < -0.3 is 23.5 Å². The predicted molar refractivity (Wildman–Crippen MR) is 146 cm³/mol. The highest BCUT2D eigenvalue weighted by molar-refractivity contribution is 7.89. The van der Waals surface area contributed by atoms with Gasteiger partial charge in [-0.15, -0.1) is 0 Å². The molecule has 3 heterocycles. The molecule has 0 spiro atoms. The summed E-state index contributed by atoms with van der Waals surface area (Å²) in [6.07, 6.45) is 1.32. The van der Waals surface area contributed by atoms with Crippen molar-refractivity contribution in [3.63, 3.8) is 0 Å². The first-order chi connectivity index (χ1) is 19.2. The van der Waals surface area contributed by atoms with E-state index in [2.05, 4.69) is 0 Å². The lowest BCUT2D eigenvalue weighted by Crippen LogP contribution is -2.33. The summed E-state index contributed by atoms with van der Waals surface area (Å²) in [5.74, 6) is 0.364.